The Morgan fingerprint density at radius 2 is 1.91 bits per heavy atom. The van der Waals surface area contributed by atoms with Gasteiger partial charge in [-0.1, -0.05) is 29.8 Å². The van der Waals surface area contributed by atoms with Crippen molar-refractivity contribution in [1.82, 2.24) is 14.9 Å². The summed E-state index contributed by atoms with van der Waals surface area (Å²) in [4.78, 5) is 20.8. The molecular formula is C16H20N4O2. The predicted molar refractivity (Wildman–Crippen MR) is 85.1 cm³/mol. The van der Waals surface area contributed by atoms with Gasteiger partial charge in [-0.3, -0.25) is 0 Å². The number of anilines is 1. The van der Waals surface area contributed by atoms with Crippen molar-refractivity contribution in [2.24, 2.45) is 0 Å². The van der Waals surface area contributed by atoms with E-state index in [9.17, 15) is 4.79 Å². The van der Waals surface area contributed by atoms with Gasteiger partial charge in [0.15, 0.2) is 5.69 Å². The summed E-state index contributed by atoms with van der Waals surface area (Å²) in [6, 6.07) is 8.59. The molecule has 0 aliphatic rings. The van der Waals surface area contributed by atoms with Crippen LogP contribution in [0, 0.1) is 6.92 Å². The number of hydrogen-bond acceptors (Lipinski definition) is 5. The fourth-order valence-corrected chi connectivity index (χ4v) is 2.12. The number of benzene rings is 1. The average molecular weight is 300 g/mol. The number of aromatic carboxylic acids is 1. The molecule has 1 aromatic heterocycles. The van der Waals surface area contributed by atoms with E-state index in [0.29, 0.717) is 12.4 Å². The van der Waals surface area contributed by atoms with Crippen molar-refractivity contribution in [3.8, 4) is 0 Å². The van der Waals surface area contributed by atoms with Crippen molar-refractivity contribution >= 4 is 11.8 Å². The highest BCUT2D eigenvalue weighted by Gasteiger charge is 2.14. The number of carboxylic acids is 1. The standard InChI is InChI=1S/C16H20N4O2/c1-11-4-6-12(7-5-11)14(20(2)3)9-19-15-10-17-13(8-18-15)16(21)22/h4-8,10,14H,9H2,1-3H3,(H,18,19)(H,21,22). The zero-order valence-corrected chi connectivity index (χ0v) is 12.9. The quantitative estimate of drug-likeness (QED) is 0.851. The first-order valence-electron chi connectivity index (χ1n) is 6.99. The van der Waals surface area contributed by atoms with Crippen LogP contribution in [-0.2, 0) is 0 Å². The topological polar surface area (TPSA) is 78.3 Å². The van der Waals surface area contributed by atoms with E-state index in [1.54, 1.807) is 0 Å². The maximum Gasteiger partial charge on any atom is 0.356 e. The molecule has 0 radical (unpaired) electrons. The molecule has 22 heavy (non-hydrogen) atoms. The third-order valence-electron chi connectivity index (χ3n) is 3.43. The van der Waals surface area contributed by atoms with Crippen LogP contribution < -0.4 is 5.32 Å². The Morgan fingerprint density at radius 3 is 2.41 bits per heavy atom. The molecule has 0 saturated carbocycles. The van der Waals surface area contributed by atoms with E-state index in [2.05, 4.69) is 51.4 Å². The second kappa shape index (κ2) is 7.00. The molecule has 0 fully saturated rings. The van der Waals surface area contributed by atoms with Crippen LogP contribution in [0.1, 0.15) is 27.7 Å². The van der Waals surface area contributed by atoms with Gasteiger partial charge in [-0.05, 0) is 26.6 Å². The summed E-state index contributed by atoms with van der Waals surface area (Å²) in [7, 11) is 4.04. The molecule has 1 heterocycles. The van der Waals surface area contributed by atoms with E-state index in [1.165, 1.54) is 23.5 Å². The lowest BCUT2D eigenvalue weighted by Crippen LogP contribution is -2.27. The first kappa shape index (κ1) is 15.9. The second-order valence-corrected chi connectivity index (χ2v) is 5.36. The molecule has 2 N–H and O–H groups in total. The molecule has 2 aromatic rings. The van der Waals surface area contributed by atoms with Crippen LogP contribution >= 0.6 is 0 Å². The third-order valence-corrected chi connectivity index (χ3v) is 3.43. The summed E-state index contributed by atoms with van der Waals surface area (Å²) < 4.78 is 0. The van der Waals surface area contributed by atoms with E-state index in [1.807, 2.05) is 14.1 Å². The van der Waals surface area contributed by atoms with Gasteiger partial charge in [0, 0.05) is 6.54 Å². The Hall–Kier alpha value is -2.47. The predicted octanol–water partition coefficient (Wildman–Crippen LogP) is 2.20. The molecule has 6 heteroatoms. The number of carboxylic acid groups (broad SMARTS) is 1. The average Bonchev–Trinajstić information content (AvgIpc) is 2.49. The zero-order chi connectivity index (χ0) is 16.1. The molecule has 1 unspecified atom stereocenters. The van der Waals surface area contributed by atoms with E-state index in [4.69, 9.17) is 5.11 Å². The van der Waals surface area contributed by atoms with Crippen LogP contribution in [0.25, 0.3) is 0 Å². The van der Waals surface area contributed by atoms with Gasteiger partial charge < -0.3 is 15.3 Å². The summed E-state index contributed by atoms with van der Waals surface area (Å²) in [6.45, 7) is 2.71. The van der Waals surface area contributed by atoms with Gasteiger partial charge >= 0.3 is 5.97 Å². The minimum atomic E-state index is -1.08. The first-order chi connectivity index (χ1) is 10.5. The Labute approximate surface area is 129 Å². The molecule has 6 nitrogen and oxygen atoms in total. The largest absolute Gasteiger partial charge is 0.476 e. The highest BCUT2D eigenvalue weighted by Crippen LogP contribution is 2.19. The van der Waals surface area contributed by atoms with Crippen LogP contribution in [0.2, 0.25) is 0 Å². The van der Waals surface area contributed by atoms with Gasteiger partial charge in [0.2, 0.25) is 0 Å². The van der Waals surface area contributed by atoms with E-state index >= 15 is 0 Å². The summed E-state index contributed by atoms with van der Waals surface area (Å²) in [5.41, 5.74) is 2.37. The summed E-state index contributed by atoms with van der Waals surface area (Å²) >= 11 is 0. The van der Waals surface area contributed by atoms with Crippen LogP contribution in [0.3, 0.4) is 0 Å². The molecule has 0 amide bonds. The third kappa shape index (κ3) is 4.02. The fourth-order valence-electron chi connectivity index (χ4n) is 2.12. The number of aromatic nitrogens is 2. The fraction of sp³-hybridized carbons (Fsp3) is 0.312. The number of likely N-dealkylation sites (N-methyl/N-ethyl adjacent to an activating group) is 1. The minimum absolute atomic E-state index is 0.0618. The zero-order valence-electron chi connectivity index (χ0n) is 12.9. The van der Waals surface area contributed by atoms with Crippen LogP contribution in [0.5, 0.6) is 0 Å². The Kier molecular flexibility index (Phi) is 5.06. The lowest BCUT2D eigenvalue weighted by Gasteiger charge is -2.25. The van der Waals surface area contributed by atoms with Crippen molar-refractivity contribution in [3.05, 3.63) is 53.5 Å². The molecule has 0 bridgehead atoms. The molecule has 116 valence electrons. The Bertz CT molecular complexity index is 624. The smallest absolute Gasteiger partial charge is 0.356 e. The van der Waals surface area contributed by atoms with E-state index < -0.39 is 5.97 Å². The van der Waals surface area contributed by atoms with E-state index in [-0.39, 0.29) is 11.7 Å². The number of hydrogen-bond donors (Lipinski definition) is 2. The van der Waals surface area contributed by atoms with Crippen molar-refractivity contribution in [2.45, 2.75) is 13.0 Å². The highest BCUT2D eigenvalue weighted by molar-refractivity contribution is 5.84. The van der Waals surface area contributed by atoms with Gasteiger partial charge in [-0.2, -0.15) is 0 Å². The number of aryl methyl sites for hydroxylation is 1. The number of nitrogens with zero attached hydrogens (tertiary/aromatic N) is 3. The molecular weight excluding hydrogens is 280 g/mol. The monoisotopic (exact) mass is 300 g/mol. The molecule has 2 rings (SSSR count). The maximum atomic E-state index is 10.8. The van der Waals surface area contributed by atoms with Crippen molar-refractivity contribution < 1.29 is 9.90 Å². The first-order valence-corrected chi connectivity index (χ1v) is 6.99. The van der Waals surface area contributed by atoms with Gasteiger partial charge in [-0.25, -0.2) is 14.8 Å². The summed E-state index contributed by atoms with van der Waals surface area (Å²) in [6.07, 6.45) is 2.69. The number of rotatable bonds is 6. The van der Waals surface area contributed by atoms with Gasteiger partial charge in [-0.15, -0.1) is 0 Å². The molecule has 1 aromatic carbocycles. The summed E-state index contributed by atoms with van der Waals surface area (Å²) in [5.74, 6) is -0.520. The SMILES string of the molecule is Cc1ccc(C(CNc2cnc(C(=O)O)cn2)N(C)C)cc1. The number of carbonyl (C=O) groups is 1. The normalized spacial score (nSPS) is 12.2. The highest BCUT2D eigenvalue weighted by atomic mass is 16.4. The molecule has 0 aliphatic heterocycles. The minimum Gasteiger partial charge on any atom is -0.476 e. The Morgan fingerprint density at radius 1 is 1.23 bits per heavy atom. The van der Waals surface area contributed by atoms with E-state index in [0.717, 1.165) is 0 Å². The van der Waals surface area contributed by atoms with Crippen molar-refractivity contribution in [1.29, 1.82) is 0 Å². The van der Waals surface area contributed by atoms with Crippen LogP contribution in [0.4, 0.5) is 5.82 Å². The lowest BCUT2D eigenvalue weighted by atomic mass is 10.0. The number of nitrogens with one attached hydrogen (secondary N) is 1. The van der Waals surface area contributed by atoms with Crippen molar-refractivity contribution in [2.75, 3.05) is 26.0 Å². The van der Waals surface area contributed by atoms with Gasteiger partial charge in [0.05, 0.1) is 18.4 Å². The second-order valence-electron chi connectivity index (χ2n) is 5.36. The lowest BCUT2D eigenvalue weighted by molar-refractivity contribution is 0.0690. The van der Waals surface area contributed by atoms with Crippen molar-refractivity contribution in [3.63, 3.8) is 0 Å². The maximum absolute atomic E-state index is 10.8. The van der Waals surface area contributed by atoms with Crippen LogP contribution in [0.15, 0.2) is 36.7 Å². The molecule has 0 spiro atoms. The Balaban J connectivity index is 2.05. The van der Waals surface area contributed by atoms with Gasteiger partial charge in [0.25, 0.3) is 0 Å². The molecule has 0 aliphatic carbocycles. The van der Waals surface area contributed by atoms with Crippen LogP contribution in [-0.4, -0.2) is 46.6 Å². The summed E-state index contributed by atoms with van der Waals surface area (Å²) in [5, 5.41) is 12.0. The molecule has 1 atom stereocenters. The van der Waals surface area contributed by atoms with Gasteiger partial charge in [0.1, 0.15) is 5.82 Å². The molecule has 0 saturated heterocycles.